The van der Waals surface area contributed by atoms with Crippen LogP contribution in [0.25, 0.3) is 0 Å². The fourth-order valence-corrected chi connectivity index (χ4v) is 2.01. The number of carbonyl (C=O) groups excluding carboxylic acids is 1. The first-order chi connectivity index (χ1) is 8.58. The fourth-order valence-electron chi connectivity index (χ4n) is 1.55. The lowest BCUT2D eigenvalue weighted by Gasteiger charge is -2.08. The lowest BCUT2D eigenvalue weighted by atomic mass is 10.1. The number of nitrogen functional groups attached to an aromatic ring is 1. The lowest BCUT2D eigenvalue weighted by molar-refractivity contribution is 0.102. The Balaban J connectivity index is 2.24. The second-order valence-corrected chi connectivity index (χ2v) is 4.72. The molecule has 0 saturated carbocycles. The van der Waals surface area contributed by atoms with Crippen molar-refractivity contribution in [1.29, 1.82) is 0 Å². The molecule has 0 unspecified atom stereocenters. The van der Waals surface area contributed by atoms with Gasteiger partial charge in [-0.25, -0.2) is 4.98 Å². The van der Waals surface area contributed by atoms with Crippen LogP contribution < -0.4 is 11.1 Å². The molecule has 1 heterocycles. The highest BCUT2D eigenvalue weighted by atomic mass is 79.9. The first-order valence-corrected chi connectivity index (χ1v) is 6.15. The zero-order valence-electron chi connectivity index (χ0n) is 9.77. The Bertz CT molecular complexity index is 599. The smallest absolute Gasteiger partial charge is 0.257 e. The van der Waals surface area contributed by atoms with Gasteiger partial charge in [-0.05, 0) is 40.5 Å². The Morgan fingerprint density at radius 3 is 2.78 bits per heavy atom. The van der Waals surface area contributed by atoms with Crippen molar-refractivity contribution in [3.8, 4) is 0 Å². The van der Waals surface area contributed by atoms with Crippen molar-refractivity contribution in [1.82, 2.24) is 4.98 Å². The molecule has 92 valence electrons. The summed E-state index contributed by atoms with van der Waals surface area (Å²) in [6.07, 6.45) is 1.50. The van der Waals surface area contributed by atoms with Crippen LogP contribution in [0.15, 0.2) is 41.0 Å². The molecule has 0 saturated heterocycles. The van der Waals surface area contributed by atoms with Gasteiger partial charge in [0.1, 0.15) is 5.82 Å². The molecule has 5 heteroatoms. The molecule has 0 aliphatic rings. The summed E-state index contributed by atoms with van der Waals surface area (Å²) in [5.41, 5.74) is 7.67. The van der Waals surface area contributed by atoms with Crippen LogP contribution in [0, 0.1) is 6.92 Å². The van der Waals surface area contributed by atoms with Gasteiger partial charge in [0.2, 0.25) is 0 Å². The Kier molecular flexibility index (Phi) is 3.62. The SMILES string of the molecule is Cc1ccccc1C(=O)Nc1ncc(N)cc1Br. The normalized spacial score (nSPS) is 10.1. The second kappa shape index (κ2) is 5.18. The number of hydrogen-bond acceptors (Lipinski definition) is 3. The summed E-state index contributed by atoms with van der Waals surface area (Å²) in [7, 11) is 0. The number of aromatic nitrogens is 1. The van der Waals surface area contributed by atoms with Gasteiger partial charge in [-0.2, -0.15) is 0 Å². The highest BCUT2D eigenvalue weighted by Crippen LogP contribution is 2.22. The fraction of sp³-hybridized carbons (Fsp3) is 0.0769. The van der Waals surface area contributed by atoms with E-state index in [4.69, 9.17) is 5.73 Å². The molecule has 0 aliphatic heterocycles. The van der Waals surface area contributed by atoms with Crippen LogP contribution in [0.1, 0.15) is 15.9 Å². The van der Waals surface area contributed by atoms with E-state index in [-0.39, 0.29) is 5.91 Å². The molecule has 1 amide bonds. The van der Waals surface area contributed by atoms with Gasteiger partial charge < -0.3 is 11.1 Å². The molecule has 3 N–H and O–H groups in total. The molecule has 0 spiro atoms. The van der Waals surface area contributed by atoms with E-state index in [1.807, 2.05) is 25.1 Å². The number of anilines is 2. The zero-order chi connectivity index (χ0) is 13.1. The van der Waals surface area contributed by atoms with Gasteiger partial charge in [0, 0.05) is 5.56 Å². The van der Waals surface area contributed by atoms with E-state index in [1.165, 1.54) is 6.20 Å². The number of pyridine rings is 1. The molecule has 18 heavy (non-hydrogen) atoms. The quantitative estimate of drug-likeness (QED) is 0.896. The van der Waals surface area contributed by atoms with Crippen LogP contribution in [-0.2, 0) is 0 Å². The Morgan fingerprint density at radius 2 is 2.11 bits per heavy atom. The molecule has 0 atom stereocenters. The van der Waals surface area contributed by atoms with E-state index in [1.54, 1.807) is 12.1 Å². The third-order valence-corrected chi connectivity index (χ3v) is 3.09. The average molecular weight is 306 g/mol. The maximum absolute atomic E-state index is 12.1. The molecule has 1 aromatic heterocycles. The van der Waals surface area contributed by atoms with Crippen LogP contribution in [-0.4, -0.2) is 10.9 Å². The minimum atomic E-state index is -0.189. The maximum atomic E-state index is 12.1. The molecular weight excluding hydrogens is 294 g/mol. The molecular formula is C13H12BrN3O. The summed E-state index contributed by atoms with van der Waals surface area (Å²) in [5.74, 6) is 0.267. The number of nitrogens with zero attached hydrogens (tertiary/aromatic N) is 1. The number of nitrogens with one attached hydrogen (secondary N) is 1. The monoisotopic (exact) mass is 305 g/mol. The largest absolute Gasteiger partial charge is 0.397 e. The summed E-state index contributed by atoms with van der Waals surface area (Å²) < 4.78 is 0.657. The Morgan fingerprint density at radius 1 is 1.39 bits per heavy atom. The van der Waals surface area contributed by atoms with E-state index in [9.17, 15) is 4.79 Å². The molecule has 0 radical (unpaired) electrons. The van der Waals surface area contributed by atoms with Gasteiger partial charge >= 0.3 is 0 Å². The third kappa shape index (κ3) is 2.68. The van der Waals surface area contributed by atoms with E-state index in [0.29, 0.717) is 21.5 Å². The number of halogens is 1. The van der Waals surface area contributed by atoms with Crippen molar-refractivity contribution in [3.63, 3.8) is 0 Å². The molecule has 0 fully saturated rings. The summed E-state index contributed by atoms with van der Waals surface area (Å²) in [4.78, 5) is 16.1. The van der Waals surface area contributed by atoms with Gasteiger partial charge in [-0.15, -0.1) is 0 Å². The topological polar surface area (TPSA) is 68.0 Å². The van der Waals surface area contributed by atoms with E-state index >= 15 is 0 Å². The van der Waals surface area contributed by atoms with Crippen LogP contribution in [0.3, 0.4) is 0 Å². The van der Waals surface area contributed by atoms with Gasteiger partial charge in [-0.1, -0.05) is 18.2 Å². The minimum absolute atomic E-state index is 0.189. The number of nitrogens with two attached hydrogens (primary N) is 1. The number of benzene rings is 1. The molecule has 1 aromatic carbocycles. The van der Waals surface area contributed by atoms with Crippen LogP contribution in [0.4, 0.5) is 11.5 Å². The summed E-state index contributed by atoms with van der Waals surface area (Å²) >= 11 is 3.31. The maximum Gasteiger partial charge on any atom is 0.257 e. The van der Waals surface area contributed by atoms with Crippen LogP contribution >= 0.6 is 15.9 Å². The molecule has 2 rings (SSSR count). The van der Waals surface area contributed by atoms with Crippen molar-refractivity contribution >= 4 is 33.3 Å². The van der Waals surface area contributed by atoms with Crippen molar-refractivity contribution in [2.75, 3.05) is 11.1 Å². The predicted molar refractivity (Wildman–Crippen MR) is 75.5 cm³/mol. The number of aryl methyl sites for hydroxylation is 1. The third-order valence-electron chi connectivity index (χ3n) is 2.48. The minimum Gasteiger partial charge on any atom is -0.397 e. The van der Waals surface area contributed by atoms with E-state index in [2.05, 4.69) is 26.2 Å². The first kappa shape index (κ1) is 12.6. The van der Waals surface area contributed by atoms with E-state index in [0.717, 1.165) is 5.56 Å². The molecule has 4 nitrogen and oxygen atoms in total. The van der Waals surface area contributed by atoms with Gasteiger partial charge in [0.05, 0.1) is 16.4 Å². The highest BCUT2D eigenvalue weighted by Gasteiger charge is 2.11. The average Bonchev–Trinajstić information content (AvgIpc) is 2.33. The molecule has 2 aromatic rings. The lowest BCUT2D eigenvalue weighted by Crippen LogP contribution is -2.14. The summed E-state index contributed by atoms with van der Waals surface area (Å²) in [5, 5.41) is 2.74. The first-order valence-electron chi connectivity index (χ1n) is 5.36. The Labute approximate surface area is 113 Å². The predicted octanol–water partition coefficient (Wildman–Crippen LogP) is 2.99. The van der Waals surface area contributed by atoms with Crippen molar-refractivity contribution in [2.24, 2.45) is 0 Å². The van der Waals surface area contributed by atoms with Crippen LogP contribution in [0.2, 0.25) is 0 Å². The number of rotatable bonds is 2. The van der Waals surface area contributed by atoms with Crippen molar-refractivity contribution in [3.05, 3.63) is 52.1 Å². The molecule has 0 bridgehead atoms. The Hall–Kier alpha value is -1.88. The van der Waals surface area contributed by atoms with Crippen molar-refractivity contribution in [2.45, 2.75) is 6.92 Å². The number of amides is 1. The number of hydrogen-bond donors (Lipinski definition) is 2. The highest BCUT2D eigenvalue weighted by molar-refractivity contribution is 9.10. The van der Waals surface area contributed by atoms with E-state index < -0.39 is 0 Å². The zero-order valence-corrected chi connectivity index (χ0v) is 11.4. The standard InChI is InChI=1S/C13H12BrN3O/c1-8-4-2-3-5-10(8)13(18)17-12-11(14)6-9(15)7-16-12/h2-7H,15H2,1H3,(H,16,17,18). The van der Waals surface area contributed by atoms with Gasteiger partial charge in [0.15, 0.2) is 0 Å². The number of carbonyl (C=O) groups is 1. The van der Waals surface area contributed by atoms with Gasteiger partial charge in [0.25, 0.3) is 5.91 Å². The van der Waals surface area contributed by atoms with Crippen molar-refractivity contribution < 1.29 is 4.79 Å². The second-order valence-electron chi connectivity index (χ2n) is 3.87. The molecule has 0 aliphatic carbocycles. The van der Waals surface area contributed by atoms with Gasteiger partial charge in [-0.3, -0.25) is 4.79 Å². The summed E-state index contributed by atoms with van der Waals surface area (Å²) in [6, 6.07) is 9.08. The summed E-state index contributed by atoms with van der Waals surface area (Å²) in [6.45, 7) is 1.89. The van der Waals surface area contributed by atoms with Crippen LogP contribution in [0.5, 0.6) is 0 Å².